The van der Waals surface area contributed by atoms with E-state index in [-0.39, 0.29) is 0 Å². The molecular formula is C13H15ClN2. The number of aliphatic imine (C=N–C) groups is 1. The summed E-state index contributed by atoms with van der Waals surface area (Å²) in [6, 6.07) is 4.02. The van der Waals surface area contributed by atoms with E-state index in [0.29, 0.717) is 0 Å². The minimum atomic E-state index is 0.796. The van der Waals surface area contributed by atoms with Crippen LogP contribution in [0.5, 0.6) is 0 Å². The van der Waals surface area contributed by atoms with Gasteiger partial charge >= 0.3 is 0 Å². The first-order valence-electron chi connectivity index (χ1n) is 5.85. The Morgan fingerprint density at radius 1 is 1.31 bits per heavy atom. The number of halogens is 1. The van der Waals surface area contributed by atoms with E-state index in [1.807, 2.05) is 12.1 Å². The minimum Gasteiger partial charge on any atom is -0.356 e. The lowest BCUT2D eigenvalue weighted by atomic mass is 10.0. The third kappa shape index (κ3) is 1.61. The Bertz CT molecular complexity index is 465. The summed E-state index contributed by atoms with van der Waals surface area (Å²) >= 11 is 6.07. The second-order valence-corrected chi connectivity index (χ2v) is 5.06. The van der Waals surface area contributed by atoms with Crippen molar-refractivity contribution in [1.82, 2.24) is 4.90 Å². The lowest BCUT2D eigenvalue weighted by Crippen LogP contribution is -2.36. The second kappa shape index (κ2) is 3.77. The third-order valence-electron chi connectivity index (χ3n) is 3.46. The van der Waals surface area contributed by atoms with Crippen molar-refractivity contribution in [2.24, 2.45) is 4.99 Å². The first-order valence-corrected chi connectivity index (χ1v) is 6.23. The number of hydrogen-bond acceptors (Lipinski definition) is 2. The predicted molar refractivity (Wildman–Crippen MR) is 67.5 cm³/mol. The topological polar surface area (TPSA) is 15.6 Å². The monoisotopic (exact) mass is 234 g/mol. The summed E-state index contributed by atoms with van der Waals surface area (Å²) < 4.78 is 0. The highest BCUT2D eigenvalue weighted by Crippen LogP contribution is 2.34. The normalized spacial score (nSPS) is 18.9. The summed E-state index contributed by atoms with van der Waals surface area (Å²) in [6.07, 6.45) is 3.68. The van der Waals surface area contributed by atoms with Gasteiger partial charge in [0, 0.05) is 30.1 Å². The average molecular weight is 235 g/mol. The number of aryl methyl sites for hydroxylation is 1. The Balaban J connectivity index is 2.09. The van der Waals surface area contributed by atoms with E-state index in [4.69, 9.17) is 16.6 Å². The second-order valence-electron chi connectivity index (χ2n) is 4.63. The van der Waals surface area contributed by atoms with Gasteiger partial charge in [-0.3, -0.25) is 0 Å². The fraction of sp³-hybridized carbons (Fsp3) is 0.462. The molecular weight excluding hydrogens is 220 g/mol. The van der Waals surface area contributed by atoms with Gasteiger partial charge < -0.3 is 4.90 Å². The van der Waals surface area contributed by atoms with Crippen LogP contribution in [0.15, 0.2) is 17.1 Å². The summed E-state index contributed by atoms with van der Waals surface area (Å²) in [4.78, 5) is 7.16. The molecule has 3 rings (SSSR count). The smallest absolute Gasteiger partial charge is 0.105 e. The van der Waals surface area contributed by atoms with Crippen molar-refractivity contribution in [3.8, 4) is 0 Å². The maximum atomic E-state index is 6.07. The molecule has 2 aliphatic heterocycles. The van der Waals surface area contributed by atoms with Gasteiger partial charge in [0.15, 0.2) is 0 Å². The SMILES string of the molecule is Cc1cc(Cl)cc2c1CN1CCCCC1=N2. The molecule has 0 N–H and O–H groups in total. The van der Waals surface area contributed by atoms with Gasteiger partial charge in [-0.1, -0.05) is 11.6 Å². The Kier molecular flexibility index (Phi) is 2.40. The number of fused-ring (bicyclic) bond motifs is 2. The molecule has 16 heavy (non-hydrogen) atoms. The molecule has 0 radical (unpaired) electrons. The molecule has 0 atom stereocenters. The van der Waals surface area contributed by atoms with Crippen LogP contribution in [0.1, 0.15) is 30.4 Å². The largest absolute Gasteiger partial charge is 0.356 e. The van der Waals surface area contributed by atoms with E-state index in [1.54, 1.807) is 0 Å². The van der Waals surface area contributed by atoms with Crippen LogP contribution in [0.2, 0.25) is 5.02 Å². The zero-order valence-electron chi connectivity index (χ0n) is 9.46. The van der Waals surface area contributed by atoms with Gasteiger partial charge in [0.25, 0.3) is 0 Å². The molecule has 0 unspecified atom stereocenters. The summed E-state index contributed by atoms with van der Waals surface area (Å²) in [6.45, 7) is 4.28. The Labute approximate surface area is 101 Å². The van der Waals surface area contributed by atoms with Crippen molar-refractivity contribution in [3.63, 3.8) is 0 Å². The Hall–Kier alpha value is -1.02. The van der Waals surface area contributed by atoms with Crippen LogP contribution >= 0.6 is 11.6 Å². The van der Waals surface area contributed by atoms with E-state index in [0.717, 1.165) is 30.2 Å². The zero-order valence-corrected chi connectivity index (χ0v) is 10.2. The number of hydrogen-bond donors (Lipinski definition) is 0. The lowest BCUT2D eigenvalue weighted by molar-refractivity contribution is 0.358. The molecule has 2 nitrogen and oxygen atoms in total. The van der Waals surface area contributed by atoms with Crippen molar-refractivity contribution in [2.75, 3.05) is 6.54 Å². The first kappa shape index (κ1) is 10.2. The quantitative estimate of drug-likeness (QED) is 0.669. The van der Waals surface area contributed by atoms with Crippen molar-refractivity contribution in [1.29, 1.82) is 0 Å². The molecule has 0 amide bonds. The van der Waals surface area contributed by atoms with Gasteiger partial charge in [0.1, 0.15) is 5.84 Å². The van der Waals surface area contributed by atoms with Crippen molar-refractivity contribution in [2.45, 2.75) is 32.7 Å². The predicted octanol–water partition coefficient (Wildman–Crippen LogP) is 3.68. The highest BCUT2D eigenvalue weighted by molar-refractivity contribution is 6.31. The minimum absolute atomic E-state index is 0.796. The molecule has 3 heteroatoms. The number of piperidine rings is 1. The summed E-state index contributed by atoms with van der Waals surface area (Å²) in [5.41, 5.74) is 3.68. The molecule has 0 spiro atoms. The Morgan fingerprint density at radius 2 is 2.19 bits per heavy atom. The van der Waals surface area contributed by atoms with Gasteiger partial charge in [-0.25, -0.2) is 4.99 Å². The molecule has 1 aromatic rings. The lowest BCUT2D eigenvalue weighted by Gasteiger charge is -2.34. The zero-order chi connectivity index (χ0) is 11.1. The molecule has 1 fully saturated rings. The van der Waals surface area contributed by atoms with E-state index < -0.39 is 0 Å². The van der Waals surface area contributed by atoms with Crippen LogP contribution in [-0.4, -0.2) is 17.3 Å². The standard InChI is InChI=1S/C13H15ClN2/c1-9-6-10(14)7-12-11(9)8-16-5-3-2-4-13(16)15-12/h6-7H,2-5,8H2,1H3. The molecule has 2 heterocycles. The van der Waals surface area contributed by atoms with E-state index in [9.17, 15) is 0 Å². The number of nitrogens with zero attached hydrogens (tertiary/aromatic N) is 2. The highest BCUT2D eigenvalue weighted by Gasteiger charge is 2.23. The van der Waals surface area contributed by atoms with E-state index >= 15 is 0 Å². The molecule has 0 aromatic heterocycles. The average Bonchev–Trinajstić information content (AvgIpc) is 2.27. The maximum absolute atomic E-state index is 6.07. The maximum Gasteiger partial charge on any atom is 0.105 e. The highest BCUT2D eigenvalue weighted by atomic mass is 35.5. The summed E-state index contributed by atoms with van der Waals surface area (Å²) in [5, 5.41) is 0.796. The van der Waals surface area contributed by atoms with Crippen LogP contribution in [0.4, 0.5) is 5.69 Å². The fourth-order valence-corrected chi connectivity index (χ4v) is 2.83. The van der Waals surface area contributed by atoms with Crippen LogP contribution in [0, 0.1) is 6.92 Å². The Morgan fingerprint density at radius 3 is 3.06 bits per heavy atom. The molecule has 1 aromatic carbocycles. The van der Waals surface area contributed by atoms with E-state index in [2.05, 4.69) is 11.8 Å². The van der Waals surface area contributed by atoms with Crippen molar-refractivity contribution in [3.05, 3.63) is 28.3 Å². The molecule has 1 saturated heterocycles. The number of amidine groups is 1. The molecule has 0 aliphatic carbocycles. The first-order chi connectivity index (χ1) is 7.74. The van der Waals surface area contributed by atoms with Crippen molar-refractivity contribution >= 4 is 23.1 Å². The van der Waals surface area contributed by atoms with Gasteiger partial charge in [0.2, 0.25) is 0 Å². The van der Waals surface area contributed by atoms with Crippen LogP contribution in [0.3, 0.4) is 0 Å². The van der Waals surface area contributed by atoms with Crippen LogP contribution in [0.25, 0.3) is 0 Å². The van der Waals surface area contributed by atoms with Gasteiger partial charge in [-0.15, -0.1) is 0 Å². The summed E-state index contributed by atoms with van der Waals surface area (Å²) in [7, 11) is 0. The van der Waals surface area contributed by atoms with Gasteiger partial charge in [-0.05, 0) is 37.5 Å². The third-order valence-corrected chi connectivity index (χ3v) is 3.67. The van der Waals surface area contributed by atoms with Gasteiger partial charge in [0.05, 0.1) is 5.69 Å². The van der Waals surface area contributed by atoms with Crippen molar-refractivity contribution < 1.29 is 0 Å². The van der Waals surface area contributed by atoms with Crippen LogP contribution < -0.4 is 0 Å². The molecule has 84 valence electrons. The fourth-order valence-electron chi connectivity index (χ4n) is 2.56. The van der Waals surface area contributed by atoms with Crippen LogP contribution in [-0.2, 0) is 6.54 Å². The van der Waals surface area contributed by atoms with E-state index in [1.165, 1.54) is 29.8 Å². The molecule has 0 saturated carbocycles. The number of rotatable bonds is 0. The summed E-state index contributed by atoms with van der Waals surface area (Å²) in [5.74, 6) is 1.25. The molecule has 2 aliphatic rings. The van der Waals surface area contributed by atoms with Gasteiger partial charge in [-0.2, -0.15) is 0 Å². The molecule has 0 bridgehead atoms. The number of benzene rings is 1.